The molecule has 2 atom stereocenters. The summed E-state index contributed by atoms with van der Waals surface area (Å²) in [4.78, 5) is 1.74. The van der Waals surface area contributed by atoms with E-state index in [0.717, 1.165) is 29.9 Å². The summed E-state index contributed by atoms with van der Waals surface area (Å²) >= 11 is 6.08. The molecule has 118 valence electrons. The summed E-state index contributed by atoms with van der Waals surface area (Å²) in [7, 11) is 0. The first kappa shape index (κ1) is 14.6. The Bertz CT molecular complexity index is 796. The molecule has 1 saturated heterocycles. The number of halogens is 1. The van der Waals surface area contributed by atoms with Crippen LogP contribution in [0, 0.1) is 5.92 Å². The molecule has 2 aromatic carbocycles. The van der Waals surface area contributed by atoms with E-state index >= 15 is 0 Å². The van der Waals surface area contributed by atoms with Gasteiger partial charge in [-0.3, -0.25) is 0 Å². The van der Waals surface area contributed by atoms with E-state index in [0.29, 0.717) is 5.92 Å². The number of hydrogen-bond acceptors (Lipinski definition) is 4. The molecular formula is C17H18ClN5. The third-order valence-electron chi connectivity index (χ3n) is 4.56. The summed E-state index contributed by atoms with van der Waals surface area (Å²) in [5, 5.41) is 19.0. The second-order valence-electron chi connectivity index (χ2n) is 6.06. The maximum absolute atomic E-state index is 6.08. The molecule has 0 aliphatic carbocycles. The Morgan fingerprint density at radius 2 is 2.04 bits per heavy atom. The molecule has 1 aliphatic rings. The van der Waals surface area contributed by atoms with Crippen LogP contribution in [-0.4, -0.2) is 33.3 Å². The third kappa shape index (κ3) is 2.94. The van der Waals surface area contributed by atoms with Gasteiger partial charge >= 0.3 is 0 Å². The zero-order valence-electron chi connectivity index (χ0n) is 12.7. The van der Waals surface area contributed by atoms with Gasteiger partial charge in [-0.15, -0.1) is 10.2 Å². The van der Waals surface area contributed by atoms with Gasteiger partial charge in [0.15, 0.2) is 6.33 Å². The Morgan fingerprint density at radius 3 is 2.83 bits per heavy atom. The SMILES string of the molecule is Clc1ccc2cc([C@H](C3CCCNC3)n3ncnn3)ccc2c1. The van der Waals surface area contributed by atoms with Crippen molar-refractivity contribution in [2.24, 2.45) is 5.92 Å². The molecule has 1 fully saturated rings. The number of rotatable bonds is 3. The molecule has 5 nitrogen and oxygen atoms in total. The third-order valence-corrected chi connectivity index (χ3v) is 4.80. The molecule has 0 amide bonds. The standard InChI is InChI=1S/C17H18ClN5/c18-16-6-5-12-8-14(4-3-13(12)9-16)17(23-21-11-20-22-23)15-2-1-7-19-10-15/h3-6,8-9,11,15,17,19H,1-2,7,10H2/t15?,17-/m1/s1. The van der Waals surface area contributed by atoms with E-state index in [2.05, 4.69) is 45.0 Å². The quantitative estimate of drug-likeness (QED) is 0.803. The highest BCUT2D eigenvalue weighted by Gasteiger charge is 2.28. The van der Waals surface area contributed by atoms with Gasteiger partial charge in [-0.25, -0.2) is 0 Å². The summed E-state index contributed by atoms with van der Waals surface area (Å²) < 4.78 is 0. The minimum absolute atomic E-state index is 0.102. The molecule has 4 rings (SSSR count). The average Bonchev–Trinajstić information content (AvgIpc) is 3.10. The summed E-state index contributed by atoms with van der Waals surface area (Å²) in [5.74, 6) is 0.461. The monoisotopic (exact) mass is 327 g/mol. The van der Waals surface area contributed by atoms with E-state index in [1.54, 1.807) is 4.80 Å². The number of aromatic nitrogens is 4. The average molecular weight is 328 g/mol. The zero-order chi connectivity index (χ0) is 15.6. The van der Waals surface area contributed by atoms with Crippen LogP contribution in [-0.2, 0) is 0 Å². The normalized spacial score (nSPS) is 19.8. The first-order valence-corrected chi connectivity index (χ1v) is 8.31. The lowest BCUT2D eigenvalue weighted by molar-refractivity contribution is 0.261. The zero-order valence-corrected chi connectivity index (χ0v) is 13.4. The smallest absolute Gasteiger partial charge is 0.162 e. The molecule has 0 radical (unpaired) electrons. The van der Waals surface area contributed by atoms with Crippen LogP contribution in [0.1, 0.15) is 24.4 Å². The predicted octanol–water partition coefficient (Wildman–Crippen LogP) is 3.07. The highest BCUT2D eigenvalue weighted by molar-refractivity contribution is 6.31. The van der Waals surface area contributed by atoms with Crippen molar-refractivity contribution in [2.75, 3.05) is 13.1 Å². The summed E-state index contributed by atoms with van der Waals surface area (Å²) in [6, 6.07) is 12.6. The van der Waals surface area contributed by atoms with E-state index in [1.807, 2.05) is 12.1 Å². The van der Waals surface area contributed by atoms with Crippen molar-refractivity contribution in [1.29, 1.82) is 0 Å². The van der Waals surface area contributed by atoms with E-state index in [4.69, 9.17) is 11.6 Å². The van der Waals surface area contributed by atoms with E-state index in [1.165, 1.54) is 23.7 Å². The van der Waals surface area contributed by atoms with Gasteiger partial charge < -0.3 is 5.32 Å². The summed E-state index contributed by atoms with van der Waals surface area (Å²) in [6.45, 7) is 2.06. The lowest BCUT2D eigenvalue weighted by Gasteiger charge is -2.30. The van der Waals surface area contributed by atoms with Crippen LogP contribution >= 0.6 is 11.6 Å². The number of piperidine rings is 1. The molecule has 23 heavy (non-hydrogen) atoms. The van der Waals surface area contributed by atoms with E-state index < -0.39 is 0 Å². The van der Waals surface area contributed by atoms with Gasteiger partial charge in [-0.05, 0) is 65.1 Å². The molecule has 2 heterocycles. The second-order valence-corrected chi connectivity index (χ2v) is 6.49. The fraction of sp³-hybridized carbons (Fsp3) is 0.353. The number of benzene rings is 2. The van der Waals surface area contributed by atoms with Crippen molar-refractivity contribution in [3.05, 3.63) is 53.3 Å². The Hall–Kier alpha value is -1.98. The van der Waals surface area contributed by atoms with Crippen molar-refractivity contribution in [3.63, 3.8) is 0 Å². The van der Waals surface area contributed by atoms with Gasteiger partial charge in [0.1, 0.15) is 6.04 Å². The number of fused-ring (bicyclic) bond motifs is 1. The lowest BCUT2D eigenvalue weighted by Crippen LogP contribution is -2.36. The van der Waals surface area contributed by atoms with Crippen molar-refractivity contribution in [3.8, 4) is 0 Å². The van der Waals surface area contributed by atoms with Gasteiger partial charge in [-0.1, -0.05) is 29.8 Å². The van der Waals surface area contributed by atoms with Crippen LogP contribution in [0.4, 0.5) is 0 Å². The van der Waals surface area contributed by atoms with Crippen molar-refractivity contribution < 1.29 is 0 Å². The van der Waals surface area contributed by atoms with Crippen LogP contribution in [0.25, 0.3) is 10.8 Å². The van der Waals surface area contributed by atoms with Crippen molar-refractivity contribution >= 4 is 22.4 Å². The van der Waals surface area contributed by atoms with Gasteiger partial charge in [0.2, 0.25) is 0 Å². The van der Waals surface area contributed by atoms with Gasteiger partial charge in [0, 0.05) is 11.6 Å². The molecule has 3 aromatic rings. The minimum atomic E-state index is 0.102. The molecule has 0 bridgehead atoms. The van der Waals surface area contributed by atoms with Gasteiger partial charge in [0.25, 0.3) is 0 Å². The minimum Gasteiger partial charge on any atom is -0.316 e. The molecule has 1 aromatic heterocycles. The molecule has 1 N–H and O–H groups in total. The Kier molecular flexibility index (Phi) is 3.97. The van der Waals surface area contributed by atoms with Crippen LogP contribution in [0.2, 0.25) is 5.02 Å². The topological polar surface area (TPSA) is 55.6 Å². The molecule has 0 spiro atoms. The van der Waals surface area contributed by atoms with Crippen LogP contribution in [0.3, 0.4) is 0 Å². The highest BCUT2D eigenvalue weighted by atomic mass is 35.5. The van der Waals surface area contributed by atoms with E-state index in [-0.39, 0.29) is 6.04 Å². The summed E-state index contributed by atoms with van der Waals surface area (Å²) in [5.41, 5.74) is 1.21. The number of nitrogens with one attached hydrogen (secondary N) is 1. The second kappa shape index (κ2) is 6.26. The number of tetrazole rings is 1. The maximum Gasteiger partial charge on any atom is 0.162 e. The van der Waals surface area contributed by atoms with Gasteiger partial charge in [-0.2, -0.15) is 4.80 Å². The van der Waals surface area contributed by atoms with Gasteiger partial charge in [0.05, 0.1) is 0 Å². The van der Waals surface area contributed by atoms with Crippen molar-refractivity contribution in [2.45, 2.75) is 18.9 Å². The Balaban J connectivity index is 1.77. The Labute approximate surface area is 139 Å². The number of nitrogens with zero attached hydrogens (tertiary/aromatic N) is 4. The van der Waals surface area contributed by atoms with Crippen LogP contribution in [0.5, 0.6) is 0 Å². The lowest BCUT2D eigenvalue weighted by atomic mass is 9.87. The molecule has 1 aliphatic heterocycles. The summed E-state index contributed by atoms with van der Waals surface area (Å²) in [6.07, 6.45) is 3.85. The van der Waals surface area contributed by atoms with E-state index in [9.17, 15) is 0 Å². The highest BCUT2D eigenvalue weighted by Crippen LogP contribution is 2.32. The maximum atomic E-state index is 6.08. The predicted molar refractivity (Wildman–Crippen MR) is 90.5 cm³/mol. The first-order chi connectivity index (χ1) is 11.3. The number of hydrogen-bond donors (Lipinski definition) is 1. The Morgan fingerprint density at radius 1 is 1.17 bits per heavy atom. The largest absolute Gasteiger partial charge is 0.316 e. The van der Waals surface area contributed by atoms with Crippen molar-refractivity contribution in [1.82, 2.24) is 25.5 Å². The molecule has 0 saturated carbocycles. The fourth-order valence-electron chi connectivity index (χ4n) is 3.46. The molecule has 1 unspecified atom stereocenters. The first-order valence-electron chi connectivity index (χ1n) is 7.94. The fourth-order valence-corrected chi connectivity index (χ4v) is 3.64. The van der Waals surface area contributed by atoms with Crippen LogP contribution < -0.4 is 5.32 Å². The molecular weight excluding hydrogens is 310 g/mol. The van der Waals surface area contributed by atoms with Crippen LogP contribution in [0.15, 0.2) is 42.7 Å². The molecule has 6 heteroatoms.